The number of nitriles is 1. The average Bonchev–Trinajstić information content (AvgIpc) is 3.58. The fourth-order valence-corrected chi connectivity index (χ4v) is 4.98. The molecule has 0 spiro atoms. The Balaban J connectivity index is 1.50. The van der Waals surface area contributed by atoms with E-state index in [4.69, 9.17) is 15.7 Å². The lowest BCUT2D eigenvalue weighted by Crippen LogP contribution is -2.58. The zero-order valence-corrected chi connectivity index (χ0v) is 19.2. The van der Waals surface area contributed by atoms with Gasteiger partial charge in [0.15, 0.2) is 0 Å². The smallest absolute Gasteiger partial charge is 0.242 e. The maximum atomic E-state index is 13.0. The number of amides is 2. The molecule has 2 heterocycles. The van der Waals surface area contributed by atoms with E-state index in [2.05, 4.69) is 16.3 Å². The molecule has 1 aromatic carbocycles. The summed E-state index contributed by atoms with van der Waals surface area (Å²) in [6, 6.07) is 9.57. The summed E-state index contributed by atoms with van der Waals surface area (Å²) in [6.45, 7) is 3.71. The molecule has 8 nitrogen and oxygen atoms in total. The van der Waals surface area contributed by atoms with Gasteiger partial charge >= 0.3 is 0 Å². The van der Waals surface area contributed by atoms with E-state index in [9.17, 15) is 9.59 Å². The number of hydrogen-bond acceptors (Lipinski definition) is 6. The van der Waals surface area contributed by atoms with Gasteiger partial charge in [-0.05, 0) is 56.2 Å². The van der Waals surface area contributed by atoms with Gasteiger partial charge in [0.1, 0.15) is 6.04 Å². The van der Waals surface area contributed by atoms with E-state index < -0.39 is 6.04 Å². The molecule has 3 aliphatic rings. The summed E-state index contributed by atoms with van der Waals surface area (Å²) in [5, 5.41) is 12.0. The Morgan fingerprint density at radius 3 is 2.64 bits per heavy atom. The van der Waals surface area contributed by atoms with Crippen LogP contribution in [0, 0.1) is 17.2 Å². The monoisotopic (exact) mass is 453 g/mol. The van der Waals surface area contributed by atoms with Crippen LogP contribution in [-0.2, 0) is 20.9 Å². The molecule has 2 amide bonds. The van der Waals surface area contributed by atoms with Crippen molar-refractivity contribution in [1.29, 1.82) is 5.26 Å². The highest BCUT2D eigenvalue weighted by molar-refractivity contribution is 5.89. The van der Waals surface area contributed by atoms with Crippen LogP contribution in [0.4, 0.5) is 0 Å². The van der Waals surface area contributed by atoms with E-state index in [-0.39, 0.29) is 29.9 Å². The number of nitrogens with two attached hydrogens (primary N) is 1. The third-order valence-corrected chi connectivity index (χ3v) is 6.98. The van der Waals surface area contributed by atoms with Gasteiger partial charge in [0.25, 0.3) is 0 Å². The number of hydrogen-bond donors (Lipinski definition) is 2. The SMILES string of the molecule is N#Cc1ccc(CN(CC2CCCO2)C2CCN(C(=O)C3CC3)[C@@H](C(=O)NCCN)C2)cc1. The predicted molar refractivity (Wildman–Crippen MR) is 124 cm³/mol. The Bertz CT molecular complexity index is 858. The van der Waals surface area contributed by atoms with E-state index in [0.717, 1.165) is 57.4 Å². The van der Waals surface area contributed by atoms with Crippen molar-refractivity contribution in [3.8, 4) is 6.07 Å². The van der Waals surface area contributed by atoms with Crippen LogP contribution in [0.5, 0.6) is 0 Å². The maximum absolute atomic E-state index is 13.0. The van der Waals surface area contributed by atoms with Crippen LogP contribution in [0.15, 0.2) is 24.3 Å². The van der Waals surface area contributed by atoms with E-state index in [1.165, 1.54) is 0 Å². The van der Waals surface area contributed by atoms with Gasteiger partial charge in [-0.25, -0.2) is 0 Å². The minimum Gasteiger partial charge on any atom is -0.377 e. The number of piperidine rings is 1. The topological polar surface area (TPSA) is 112 Å². The molecule has 0 bridgehead atoms. The predicted octanol–water partition coefficient (Wildman–Crippen LogP) is 1.38. The number of carbonyl (C=O) groups is 2. The minimum atomic E-state index is -0.462. The molecule has 8 heteroatoms. The number of likely N-dealkylation sites (tertiary alicyclic amines) is 1. The second-order valence-corrected chi connectivity index (χ2v) is 9.45. The Hall–Kier alpha value is -2.47. The number of carbonyl (C=O) groups excluding carboxylic acids is 2. The number of rotatable bonds is 9. The Kier molecular flexibility index (Phi) is 7.97. The number of nitrogens with zero attached hydrogens (tertiary/aromatic N) is 3. The zero-order chi connectivity index (χ0) is 23.2. The van der Waals surface area contributed by atoms with Crippen LogP contribution in [0.2, 0.25) is 0 Å². The normalized spacial score (nSPS) is 25.1. The van der Waals surface area contributed by atoms with Gasteiger partial charge in [0.2, 0.25) is 11.8 Å². The standard InChI is InChI=1S/C25H35N5O3/c26-10-11-28-24(31)23-14-21(9-12-30(23)25(32)20-7-8-20)29(17-22-2-1-13-33-22)16-19-5-3-18(15-27)4-6-19/h3-6,20-23H,1-2,7-14,16-17,26H2,(H,28,31)/t21?,22?,23-/m1/s1. The fourth-order valence-electron chi connectivity index (χ4n) is 4.98. The quantitative estimate of drug-likeness (QED) is 0.584. The van der Waals surface area contributed by atoms with Gasteiger partial charge in [0.05, 0.1) is 17.7 Å². The van der Waals surface area contributed by atoms with Crippen LogP contribution in [0.25, 0.3) is 0 Å². The van der Waals surface area contributed by atoms with Crippen molar-refractivity contribution in [2.45, 2.75) is 63.3 Å². The summed E-state index contributed by atoms with van der Waals surface area (Å²) >= 11 is 0. The second-order valence-electron chi connectivity index (χ2n) is 9.45. The van der Waals surface area contributed by atoms with Crippen molar-refractivity contribution >= 4 is 11.8 Å². The van der Waals surface area contributed by atoms with E-state index in [1.54, 1.807) is 0 Å². The van der Waals surface area contributed by atoms with Crippen molar-refractivity contribution in [3.63, 3.8) is 0 Å². The lowest BCUT2D eigenvalue weighted by molar-refractivity contribution is -0.145. The first-order chi connectivity index (χ1) is 16.1. The molecule has 33 heavy (non-hydrogen) atoms. The Labute approximate surface area is 196 Å². The van der Waals surface area contributed by atoms with Crippen LogP contribution in [0.1, 0.15) is 49.7 Å². The van der Waals surface area contributed by atoms with Gasteiger partial charge in [0, 0.05) is 51.3 Å². The molecular formula is C25H35N5O3. The summed E-state index contributed by atoms with van der Waals surface area (Å²) in [7, 11) is 0. The van der Waals surface area contributed by atoms with Crippen molar-refractivity contribution in [1.82, 2.24) is 15.1 Å². The molecule has 2 saturated heterocycles. The van der Waals surface area contributed by atoms with Gasteiger partial charge < -0.3 is 20.7 Å². The minimum absolute atomic E-state index is 0.0907. The molecule has 1 aliphatic carbocycles. The number of ether oxygens (including phenoxy) is 1. The molecule has 4 rings (SSSR count). The first-order valence-corrected chi connectivity index (χ1v) is 12.2. The summed E-state index contributed by atoms with van der Waals surface area (Å²) in [5.41, 5.74) is 7.37. The van der Waals surface area contributed by atoms with Crippen molar-refractivity contribution in [2.75, 3.05) is 32.8 Å². The summed E-state index contributed by atoms with van der Waals surface area (Å²) in [4.78, 5) is 30.2. The second kappa shape index (κ2) is 11.1. The Morgan fingerprint density at radius 2 is 2.00 bits per heavy atom. The number of nitrogens with one attached hydrogen (secondary N) is 1. The fraction of sp³-hybridized carbons (Fsp3) is 0.640. The summed E-state index contributed by atoms with van der Waals surface area (Å²) in [6.07, 6.45) is 5.62. The highest BCUT2D eigenvalue weighted by Gasteiger charge is 2.43. The molecule has 2 unspecified atom stereocenters. The van der Waals surface area contributed by atoms with E-state index >= 15 is 0 Å². The zero-order valence-electron chi connectivity index (χ0n) is 19.2. The molecule has 3 N–H and O–H groups in total. The third-order valence-electron chi connectivity index (χ3n) is 6.98. The highest BCUT2D eigenvalue weighted by atomic mass is 16.5. The molecule has 3 fully saturated rings. The van der Waals surface area contributed by atoms with Gasteiger partial charge in [-0.3, -0.25) is 14.5 Å². The molecule has 1 saturated carbocycles. The largest absolute Gasteiger partial charge is 0.377 e. The molecule has 0 radical (unpaired) electrons. The molecule has 3 atom stereocenters. The molecule has 0 aromatic heterocycles. The lowest BCUT2D eigenvalue weighted by atomic mass is 9.93. The molecule has 2 aliphatic heterocycles. The molecular weight excluding hydrogens is 418 g/mol. The van der Waals surface area contributed by atoms with Gasteiger partial charge in [-0.1, -0.05) is 12.1 Å². The molecule has 178 valence electrons. The number of benzene rings is 1. The van der Waals surface area contributed by atoms with Crippen molar-refractivity contribution in [3.05, 3.63) is 35.4 Å². The van der Waals surface area contributed by atoms with Crippen molar-refractivity contribution in [2.24, 2.45) is 11.7 Å². The maximum Gasteiger partial charge on any atom is 0.242 e. The average molecular weight is 454 g/mol. The first-order valence-electron chi connectivity index (χ1n) is 12.2. The van der Waals surface area contributed by atoms with Crippen LogP contribution in [-0.4, -0.2) is 72.6 Å². The van der Waals surface area contributed by atoms with Crippen molar-refractivity contribution < 1.29 is 14.3 Å². The Morgan fingerprint density at radius 1 is 1.21 bits per heavy atom. The van der Waals surface area contributed by atoms with E-state index in [1.807, 2.05) is 29.2 Å². The highest BCUT2D eigenvalue weighted by Crippen LogP contribution is 2.34. The summed E-state index contributed by atoms with van der Waals surface area (Å²) < 4.78 is 5.93. The van der Waals surface area contributed by atoms with Crippen LogP contribution in [0.3, 0.4) is 0 Å². The van der Waals surface area contributed by atoms with Crippen LogP contribution >= 0.6 is 0 Å². The van der Waals surface area contributed by atoms with Crippen LogP contribution < -0.4 is 11.1 Å². The van der Waals surface area contributed by atoms with Gasteiger partial charge in [-0.15, -0.1) is 0 Å². The molecule has 1 aromatic rings. The summed E-state index contributed by atoms with van der Waals surface area (Å²) in [5.74, 6) is 0.113. The van der Waals surface area contributed by atoms with Gasteiger partial charge in [-0.2, -0.15) is 5.26 Å². The first kappa shape index (κ1) is 23.7. The lowest BCUT2D eigenvalue weighted by Gasteiger charge is -2.43. The van der Waals surface area contributed by atoms with E-state index in [0.29, 0.717) is 31.6 Å². The third kappa shape index (κ3) is 6.11.